The zero-order chi connectivity index (χ0) is 35.2. The molecule has 6 aromatic carbocycles. The molecule has 1 N–H and O–H groups in total. The Balaban J connectivity index is 0.000000200. The minimum atomic E-state index is -5.98. The largest absolute Gasteiger partial charge is 0.534 e. The molecule has 0 heterocycles. The minimum Gasteiger partial charge on any atom is -0.369 e. The molecule has 0 radical (unpaired) electrons. The summed E-state index contributed by atoms with van der Waals surface area (Å²) in [5.41, 5.74) is -3.38. The van der Waals surface area contributed by atoms with Crippen LogP contribution >= 0.6 is 0 Å². The van der Waals surface area contributed by atoms with Gasteiger partial charge in [-0.3, -0.25) is 20.2 Å². The second-order valence-electron chi connectivity index (χ2n) is 10.1. The van der Waals surface area contributed by atoms with Crippen LogP contribution in [0.1, 0.15) is 11.1 Å². The number of benzene rings is 6. The summed E-state index contributed by atoms with van der Waals surface area (Å²) >= 11 is 0. The van der Waals surface area contributed by atoms with Crippen molar-refractivity contribution in [2.75, 3.05) is 5.32 Å². The van der Waals surface area contributed by atoms with Crippen LogP contribution in [0.25, 0.3) is 21.5 Å². The molecule has 246 valence electrons. The number of halogens is 3. The average molecular weight is 686 g/mol. The highest BCUT2D eigenvalue weighted by Crippen LogP contribution is 2.38. The molecule has 0 fully saturated rings. The quantitative estimate of drug-likeness (QED) is 0.0603. The Hall–Kier alpha value is -6.46. The first-order chi connectivity index (χ1) is 23.3. The number of nitro benzene ring substituents is 2. The third kappa shape index (κ3) is 7.92. The normalized spacial score (nSPS) is 11.1. The summed E-state index contributed by atoms with van der Waals surface area (Å²) in [5.74, 6) is 5.24. The molecular formula is C35H22F3N3O7S. The second-order valence-corrected chi connectivity index (χ2v) is 11.7. The van der Waals surface area contributed by atoms with E-state index in [9.17, 15) is 41.8 Å². The van der Waals surface area contributed by atoms with Crippen molar-refractivity contribution in [3.05, 3.63) is 159 Å². The fourth-order valence-electron chi connectivity index (χ4n) is 4.67. The molecule has 49 heavy (non-hydrogen) atoms. The van der Waals surface area contributed by atoms with Crippen LogP contribution in [0.3, 0.4) is 0 Å². The van der Waals surface area contributed by atoms with Crippen molar-refractivity contribution in [1.29, 1.82) is 0 Å². The van der Waals surface area contributed by atoms with Gasteiger partial charge in [-0.25, -0.2) is 0 Å². The van der Waals surface area contributed by atoms with Crippen LogP contribution in [0.2, 0.25) is 0 Å². The van der Waals surface area contributed by atoms with E-state index in [-0.39, 0.29) is 16.0 Å². The number of rotatable bonds is 6. The Labute approximate surface area is 276 Å². The van der Waals surface area contributed by atoms with E-state index in [4.69, 9.17) is 0 Å². The number of hydrogen-bond acceptors (Lipinski definition) is 8. The lowest BCUT2D eigenvalue weighted by atomic mass is 10.1. The number of anilines is 2. The number of nitrogens with zero attached hydrogens (tertiary/aromatic N) is 2. The molecule has 0 aliphatic rings. The molecule has 0 bridgehead atoms. The molecule has 0 spiro atoms. The molecule has 0 amide bonds. The lowest BCUT2D eigenvalue weighted by molar-refractivity contribution is -0.383. The molecule has 0 saturated heterocycles. The summed E-state index contributed by atoms with van der Waals surface area (Å²) < 4.78 is 62.6. The molecule has 10 nitrogen and oxygen atoms in total. The average Bonchev–Trinajstić information content (AvgIpc) is 3.07. The lowest BCUT2D eigenvalue weighted by Gasteiger charge is -2.10. The molecule has 0 aliphatic carbocycles. The van der Waals surface area contributed by atoms with Crippen LogP contribution in [-0.2, 0) is 10.1 Å². The van der Waals surface area contributed by atoms with E-state index in [2.05, 4.69) is 21.3 Å². The van der Waals surface area contributed by atoms with Crippen molar-refractivity contribution >= 4 is 54.4 Å². The summed E-state index contributed by atoms with van der Waals surface area (Å²) in [6, 6.07) is 36.0. The number of fused-ring (bicyclic) bond motifs is 2. The number of nitrogens with one attached hydrogen (secondary N) is 1. The van der Waals surface area contributed by atoms with Crippen LogP contribution in [0.4, 0.5) is 35.9 Å². The maximum atomic E-state index is 12.3. The Morgan fingerprint density at radius 2 is 1.10 bits per heavy atom. The molecule has 14 heteroatoms. The van der Waals surface area contributed by atoms with Gasteiger partial charge in [0.2, 0.25) is 5.75 Å². The molecular weight excluding hydrogens is 663 g/mol. The van der Waals surface area contributed by atoms with E-state index in [0.29, 0.717) is 16.5 Å². The van der Waals surface area contributed by atoms with Gasteiger partial charge in [0.15, 0.2) is 0 Å². The van der Waals surface area contributed by atoms with Gasteiger partial charge in [0, 0.05) is 16.8 Å². The van der Waals surface area contributed by atoms with E-state index >= 15 is 0 Å². The zero-order valence-electron chi connectivity index (χ0n) is 24.9. The van der Waals surface area contributed by atoms with Crippen LogP contribution in [-0.4, -0.2) is 23.8 Å². The maximum absolute atomic E-state index is 12.3. The van der Waals surface area contributed by atoms with Crippen molar-refractivity contribution in [3.8, 4) is 17.6 Å². The lowest BCUT2D eigenvalue weighted by Crippen LogP contribution is -2.28. The molecule has 6 aromatic rings. The fourth-order valence-corrected chi connectivity index (χ4v) is 5.13. The molecule has 6 rings (SSSR count). The first kappa shape index (κ1) is 33.9. The van der Waals surface area contributed by atoms with Crippen LogP contribution in [0.15, 0.2) is 127 Å². The van der Waals surface area contributed by atoms with Gasteiger partial charge < -0.3 is 9.50 Å². The molecule has 0 aromatic heterocycles. The van der Waals surface area contributed by atoms with Crippen LogP contribution < -0.4 is 9.50 Å². The summed E-state index contributed by atoms with van der Waals surface area (Å²) in [4.78, 5) is 21.3. The third-order valence-electron chi connectivity index (χ3n) is 6.90. The summed E-state index contributed by atoms with van der Waals surface area (Å²) in [7, 11) is -5.98. The first-order valence-electron chi connectivity index (χ1n) is 14.1. The van der Waals surface area contributed by atoms with Crippen molar-refractivity contribution in [3.63, 3.8) is 0 Å². The Morgan fingerprint density at radius 3 is 1.65 bits per heavy atom. The van der Waals surface area contributed by atoms with Crippen LogP contribution in [0, 0.1) is 32.1 Å². The smallest absolute Gasteiger partial charge is 0.369 e. The first-order valence-corrected chi connectivity index (χ1v) is 15.5. The number of hydrogen-bond donors (Lipinski definition) is 1. The summed E-state index contributed by atoms with van der Waals surface area (Å²) in [6.45, 7) is 0. The molecule has 0 saturated carbocycles. The predicted molar refractivity (Wildman–Crippen MR) is 179 cm³/mol. The second kappa shape index (κ2) is 14.1. The standard InChI is InChI=1S/C24H16N2O2.C11H6F3NO5S/c27-26(28)24-22-9-5-4-8-20(22)14-17-23(24)25-21-15-12-19(13-16-21)11-10-18-6-2-1-3-7-18;12-11(13,14)21(18,19)20-9-6-5-7-3-1-2-4-8(7)10(9)15(16)17/h1-9,12-17,25H;1-6H. The summed E-state index contributed by atoms with van der Waals surface area (Å²) in [5, 5.41) is 27.6. The van der Waals surface area contributed by atoms with E-state index in [1.165, 1.54) is 24.3 Å². The van der Waals surface area contributed by atoms with Gasteiger partial charge in [0.05, 0.1) is 20.6 Å². The minimum absolute atomic E-state index is 0.0302. The number of alkyl halides is 3. The van der Waals surface area contributed by atoms with Gasteiger partial charge in [0.1, 0.15) is 5.69 Å². The SMILES string of the molecule is O=[N+]([O-])c1c(Nc2ccc(C#Cc3ccccc3)cc2)ccc2ccccc12.O=[N+]([O-])c1c(OS(=O)(=O)C(F)(F)F)ccc2ccccc12. The third-order valence-corrected chi connectivity index (χ3v) is 7.87. The van der Waals surface area contributed by atoms with Gasteiger partial charge in [-0.05, 0) is 71.4 Å². The van der Waals surface area contributed by atoms with Gasteiger partial charge in [-0.1, -0.05) is 78.6 Å². The van der Waals surface area contributed by atoms with Crippen molar-refractivity contribution < 1.29 is 35.6 Å². The van der Waals surface area contributed by atoms with Crippen molar-refractivity contribution in [1.82, 2.24) is 0 Å². The fraction of sp³-hybridized carbons (Fsp3) is 0.0286. The highest BCUT2D eigenvalue weighted by atomic mass is 32.2. The van der Waals surface area contributed by atoms with E-state index in [0.717, 1.165) is 28.3 Å². The highest BCUT2D eigenvalue weighted by molar-refractivity contribution is 7.88. The summed E-state index contributed by atoms with van der Waals surface area (Å²) in [6.07, 6.45) is 0. The zero-order valence-corrected chi connectivity index (χ0v) is 25.7. The van der Waals surface area contributed by atoms with Gasteiger partial charge in [-0.15, -0.1) is 0 Å². The van der Waals surface area contributed by atoms with E-state index in [1.54, 1.807) is 24.3 Å². The van der Waals surface area contributed by atoms with E-state index in [1.807, 2.05) is 72.8 Å². The monoisotopic (exact) mass is 685 g/mol. The van der Waals surface area contributed by atoms with Crippen LogP contribution in [0.5, 0.6) is 5.75 Å². The Kier molecular flexibility index (Phi) is 9.76. The topological polar surface area (TPSA) is 142 Å². The van der Waals surface area contributed by atoms with Gasteiger partial charge >= 0.3 is 21.3 Å². The predicted octanol–water partition coefficient (Wildman–Crippen LogP) is 8.87. The molecule has 0 atom stereocenters. The molecule has 0 unspecified atom stereocenters. The van der Waals surface area contributed by atoms with Gasteiger partial charge in [-0.2, -0.15) is 21.6 Å². The van der Waals surface area contributed by atoms with E-state index < -0.39 is 32.0 Å². The Morgan fingerprint density at radius 1 is 0.612 bits per heavy atom. The molecule has 0 aliphatic heterocycles. The van der Waals surface area contributed by atoms with Crippen molar-refractivity contribution in [2.24, 2.45) is 0 Å². The van der Waals surface area contributed by atoms with Crippen molar-refractivity contribution in [2.45, 2.75) is 5.51 Å². The Bertz CT molecular complexity index is 2360. The maximum Gasteiger partial charge on any atom is 0.534 e. The number of nitro groups is 2. The van der Waals surface area contributed by atoms with Gasteiger partial charge in [0.25, 0.3) is 5.69 Å². The highest BCUT2D eigenvalue weighted by Gasteiger charge is 2.49.